The van der Waals surface area contributed by atoms with E-state index in [1.165, 1.54) is 0 Å². The number of hydrogen-bond donors (Lipinski definition) is 1. The van der Waals surface area contributed by atoms with Crippen molar-refractivity contribution in [3.63, 3.8) is 0 Å². The summed E-state index contributed by atoms with van der Waals surface area (Å²) >= 11 is 0. The van der Waals surface area contributed by atoms with Gasteiger partial charge >= 0.3 is 0 Å². The van der Waals surface area contributed by atoms with Gasteiger partial charge in [0.15, 0.2) is 6.29 Å². The summed E-state index contributed by atoms with van der Waals surface area (Å²) in [6.07, 6.45) is 5.19. The zero-order chi connectivity index (χ0) is 23.4. The van der Waals surface area contributed by atoms with Crippen molar-refractivity contribution in [2.45, 2.75) is 44.8 Å². The molecule has 1 amide bonds. The Hall–Kier alpha value is -3.98. The third-order valence-corrected chi connectivity index (χ3v) is 5.98. The summed E-state index contributed by atoms with van der Waals surface area (Å²) in [6, 6.07) is 18.3. The van der Waals surface area contributed by atoms with Gasteiger partial charge in [-0.15, -0.1) is 0 Å². The first kappa shape index (κ1) is 22.2. The summed E-state index contributed by atoms with van der Waals surface area (Å²) < 4.78 is 5.59. The normalized spacial score (nSPS) is 14.1. The monoisotopic (exact) mass is 439 g/mol. The molecule has 0 spiro atoms. The van der Waals surface area contributed by atoms with E-state index in [2.05, 4.69) is 16.4 Å². The predicted octanol–water partition coefficient (Wildman–Crippen LogP) is 5.03. The lowest BCUT2D eigenvalue weighted by Gasteiger charge is -2.43. The minimum absolute atomic E-state index is 0.0275. The first-order valence-electron chi connectivity index (χ1n) is 11.0. The average molecular weight is 440 g/mol. The Labute approximate surface area is 193 Å². The largest absolute Gasteiger partial charge is 0.475 e. The number of carbonyl (C=O) groups excluding carboxylic acids is 2. The van der Waals surface area contributed by atoms with E-state index >= 15 is 0 Å². The number of rotatable bonds is 7. The Morgan fingerprint density at radius 1 is 1.15 bits per heavy atom. The molecule has 0 radical (unpaired) electrons. The summed E-state index contributed by atoms with van der Waals surface area (Å²) in [4.78, 5) is 28.9. The lowest BCUT2D eigenvalue weighted by Crippen LogP contribution is -2.50. The van der Waals surface area contributed by atoms with Crippen LogP contribution in [0, 0.1) is 11.3 Å². The number of ether oxygens (including phenoxy) is 1. The van der Waals surface area contributed by atoms with Crippen LogP contribution in [0.2, 0.25) is 0 Å². The van der Waals surface area contributed by atoms with E-state index in [9.17, 15) is 9.59 Å². The number of aromatic nitrogens is 1. The molecule has 1 aliphatic carbocycles. The average Bonchev–Trinajstić information content (AvgIpc) is 2.81. The molecule has 1 aliphatic rings. The zero-order valence-electron chi connectivity index (χ0n) is 18.7. The van der Waals surface area contributed by atoms with Crippen molar-refractivity contribution in [1.82, 2.24) is 10.3 Å². The van der Waals surface area contributed by atoms with Gasteiger partial charge in [0.25, 0.3) is 5.91 Å². The maximum Gasteiger partial charge on any atom is 0.251 e. The number of nitrogens with one attached hydrogen (secondary N) is 1. The highest BCUT2D eigenvalue weighted by atomic mass is 16.5. The molecule has 2 aromatic carbocycles. The summed E-state index contributed by atoms with van der Waals surface area (Å²) in [5.74, 6) is 0.267. The second-order valence-electron chi connectivity index (χ2n) is 8.55. The van der Waals surface area contributed by atoms with Crippen molar-refractivity contribution in [2.24, 2.45) is 0 Å². The van der Waals surface area contributed by atoms with Crippen molar-refractivity contribution in [2.75, 3.05) is 0 Å². The molecule has 6 heteroatoms. The van der Waals surface area contributed by atoms with Gasteiger partial charge in [-0.1, -0.05) is 24.3 Å². The third-order valence-electron chi connectivity index (χ3n) is 5.98. The van der Waals surface area contributed by atoms with E-state index in [1.807, 2.05) is 38.1 Å². The predicted molar refractivity (Wildman–Crippen MR) is 125 cm³/mol. The second kappa shape index (κ2) is 9.25. The lowest BCUT2D eigenvalue weighted by molar-refractivity contribution is 0.0823. The molecule has 0 aliphatic heterocycles. The number of nitriles is 1. The molecular formula is C27H25N3O3. The van der Waals surface area contributed by atoms with E-state index in [0.717, 1.165) is 42.2 Å². The second-order valence-corrected chi connectivity index (χ2v) is 8.55. The third kappa shape index (κ3) is 4.63. The Bertz CT molecular complexity index is 1200. The minimum atomic E-state index is -0.412. The van der Waals surface area contributed by atoms with Crippen LogP contribution in [0.1, 0.15) is 65.0 Å². The molecule has 0 unspecified atom stereocenters. The minimum Gasteiger partial charge on any atom is -0.475 e. The highest BCUT2D eigenvalue weighted by Gasteiger charge is 2.40. The SMILES string of the molecule is CC(C)Oc1cc(C=O)c(-c2ccc(C3(NC(=O)c4ccc(C#N)cc4)CCC3)cc2)cn1. The summed E-state index contributed by atoms with van der Waals surface area (Å²) in [6.45, 7) is 3.82. The van der Waals surface area contributed by atoms with Gasteiger partial charge in [-0.05, 0) is 68.5 Å². The van der Waals surface area contributed by atoms with E-state index in [-0.39, 0.29) is 12.0 Å². The highest BCUT2D eigenvalue weighted by Crippen LogP contribution is 2.42. The van der Waals surface area contributed by atoms with Crippen LogP contribution < -0.4 is 10.1 Å². The molecule has 0 saturated heterocycles. The van der Waals surface area contributed by atoms with Crippen LogP contribution in [0.4, 0.5) is 0 Å². The van der Waals surface area contributed by atoms with Crippen LogP contribution in [-0.2, 0) is 5.54 Å². The topological polar surface area (TPSA) is 92.1 Å². The number of nitrogens with zero attached hydrogens (tertiary/aromatic N) is 2. The molecule has 0 atom stereocenters. The number of amides is 1. The molecule has 1 aromatic heterocycles. The highest BCUT2D eigenvalue weighted by molar-refractivity contribution is 5.95. The van der Waals surface area contributed by atoms with Gasteiger partial charge in [-0.25, -0.2) is 4.98 Å². The number of aldehydes is 1. The molecular weight excluding hydrogens is 414 g/mol. The quantitative estimate of drug-likeness (QED) is 0.521. The fraction of sp³-hybridized carbons (Fsp3) is 0.259. The molecule has 166 valence electrons. The number of pyridine rings is 1. The van der Waals surface area contributed by atoms with Gasteiger partial charge in [0.05, 0.1) is 23.3 Å². The van der Waals surface area contributed by atoms with Crippen molar-refractivity contribution < 1.29 is 14.3 Å². The van der Waals surface area contributed by atoms with Crippen LogP contribution in [0.3, 0.4) is 0 Å². The van der Waals surface area contributed by atoms with Gasteiger partial charge in [0.1, 0.15) is 0 Å². The molecule has 1 N–H and O–H groups in total. The van der Waals surface area contributed by atoms with Crippen molar-refractivity contribution >= 4 is 12.2 Å². The molecule has 6 nitrogen and oxygen atoms in total. The Morgan fingerprint density at radius 2 is 1.85 bits per heavy atom. The number of carbonyl (C=O) groups is 2. The Kier molecular flexibility index (Phi) is 6.23. The first-order chi connectivity index (χ1) is 15.9. The van der Waals surface area contributed by atoms with Gasteiger partial charge in [-0.2, -0.15) is 5.26 Å². The first-order valence-corrected chi connectivity index (χ1v) is 11.0. The van der Waals surface area contributed by atoms with Crippen molar-refractivity contribution in [3.05, 3.63) is 83.0 Å². The summed E-state index contributed by atoms with van der Waals surface area (Å²) in [5.41, 5.74) is 3.79. The van der Waals surface area contributed by atoms with Crippen molar-refractivity contribution in [3.8, 4) is 23.1 Å². The molecule has 1 heterocycles. The molecule has 4 rings (SSSR count). The molecule has 33 heavy (non-hydrogen) atoms. The number of benzene rings is 2. The van der Waals surface area contributed by atoms with Gasteiger partial charge < -0.3 is 10.1 Å². The Morgan fingerprint density at radius 3 is 2.39 bits per heavy atom. The van der Waals surface area contributed by atoms with Crippen LogP contribution in [0.25, 0.3) is 11.1 Å². The fourth-order valence-electron chi connectivity index (χ4n) is 4.07. The number of hydrogen-bond acceptors (Lipinski definition) is 5. The maximum absolute atomic E-state index is 12.9. The fourth-order valence-corrected chi connectivity index (χ4v) is 4.07. The van der Waals surface area contributed by atoms with Crippen LogP contribution >= 0.6 is 0 Å². The molecule has 1 fully saturated rings. The van der Waals surface area contributed by atoms with E-state index in [1.54, 1.807) is 36.5 Å². The smallest absolute Gasteiger partial charge is 0.251 e. The molecule has 3 aromatic rings. The zero-order valence-corrected chi connectivity index (χ0v) is 18.7. The molecule has 0 bridgehead atoms. The van der Waals surface area contributed by atoms with Gasteiger partial charge in [0, 0.05) is 29.0 Å². The van der Waals surface area contributed by atoms with E-state index < -0.39 is 5.54 Å². The van der Waals surface area contributed by atoms with Crippen LogP contribution in [-0.4, -0.2) is 23.3 Å². The van der Waals surface area contributed by atoms with Crippen molar-refractivity contribution in [1.29, 1.82) is 5.26 Å². The van der Waals surface area contributed by atoms with E-state index in [0.29, 0.717) is 22.6 Å². The Balaban J connectivity index is 1.56. The van der Waals surface area contributed by atoms with Gasteiger partial charge in [-0.3, -0.25) is 9.59 Å². The summed E-state index contributed by atoms with van der Waals surface area (Å²) in [7, 11) is 0. The maximum atomic E-state index is 12.9. The van der Waals surface area contributed by atoms with E-state index in [4.69, 9.17) is 10.00 Å². The summed E-state index contributed by atoms with van der Waals surface area (Å²) in [5, 5.41) is 12.2. The lowest BCUT2D eigenvalue weighted by atomic mass is 9.71. The van der Waals surface area contributed by atoms with Gasteiger partial charge in [0.2, 0.25) is 5.88 Å². The van der Waals surface area contributed by atoms with Crippen LogP contribution in [0.5, 0.6) is 5.88 Å². The van der Waals surface area contributed by atoms with Crippen LogP contribution in [0.15, 0.2) is 60.8 Å². The standard InChI is InChI=1S/C27H25N3O3/c1-18(2)33-25-14-22(17-31)24(16-29-25)20-8-10-23(11-9-20)27(12-3-13-27)30-26(32)21-6-4-19(15-28)5-7-21/h4-11,14,16-18H,3,12-13H2,1-2H3,(H,30,32). The molecule has 1 saturated carbocycles.